The zero-order chi connectivity index (χ0) is 18.4. The summed E-state index contributed by atoms with van der Waals surface area (Å²) in [7, 11) is 1.60. The number of ether oxygens (including phenoxy) is 2. The Hall–Kier alpha value is -2.86. The van der Waals surface area contributed by atoms with E-state index in [2.05, 4.69) is 10.3 Å². The van der Waals surface area contributed by atoms with Gasteiger partial charge >= 0.3 is 0 Å². The Morgan fingerprint density at radius 1 is 1.19 bits per heavy atom. The van der Waals surface area contributed by atoms with E-state index in [1.807, 2.05) is 41.9 Å². The molecule has 0 aliphatic carbocycles. The highest BCUT2D eigenvalue weighted by atomic mass is 32.1. The van der Waals surface area contributed by atoms with Gasteiger partial charge in [-0.15, -0.1) is 0 Å². The van der Waals surface area contributed by atoms with Gasteiger partial charge in [-0.2, -0.15) is 11.3 Å². The second-order valence-electron chi connectivity index (χ2n) is 5.54. The molecule has 1 N–H and O–H groups in total. The second-order valence-corrected chi connectivity index (χ2v) is 6.32. The molecule has 0 spiro atoms. The molecule has 0 aliphatic heterocycles. The Morgan fingerprint density at radius 2 is 2.08 bits per heavy atom. The number of methoxy groups -OCH3 is 1. The van der Waals surface area contributed by atoms with E-state index in [9.17, 15) is 4.79 Å². The van der Waals surface area contributed by atoms with Crippen LogP contribution in [0.15, 0.2) is 53.4 Å². The Labute approximate surface area is 156 Å². The molecule has 0 radical (unpaired) electrons. The molecule has 0 atom stereocenters. The van der Waals surface area contributed by atoms with Crippen LogP contribution >= 0.6 is 11.3 Å². The van der Waals surface area contributed by atoms with Crippen LogP contribution in [0.25, 0.3) is 11.3 Å². The molecule has 3 aromatic rings. The fourth-order valence-electron chi connectivity index (χ4n) is 2.52. The first-order chi connectivity index (χ1) is 12.7. The van der Waals surface area contributed by atoms with Gasteiger partial charge in [-0.05, 0) is 48.2 Å². The summed E-state index contributed by atoms with van der Waals surface area (Å²) < 4.78 is 10.8. The van der Waals surface area contributed by atoms with E-state index in [-0.39, 0.29) is 5.91 Å². The minimum absolute atomic E-state index is 0.142. The molecule has 3 rings (SSSR count). The van der Waals surface area contributed by atoms with Crippen LogP contribution in [0.3, 0.4) is 0 Å². The first kappa shape index (κ1) is 17.9. The average Bonchev–Trinajstić information content (AvgIpc) is 3.22. The number of carbonyl (C=O) groups excluding carboxylic acids is 1. The van der Waals surface area contributed by atoms with Gasteiger partial charge in [0.1, 0.15) is 0 Å². The Balaban J connectivity index is 1.68. The number of aromatic nitrogens is 1. The summed E-state index contributed by atoms with van der Waals surface area (Å²) in [6.45, 7) is 2.89. The van der Waals surface area contributed by atoms with Crippen LogP contribution in [0.1, 0.15) is 22.8 Å². The van der Waals surface area contributed by atoms with Crippen molar-refractivity contribution in [2.75, 3.05) is 13.7 Å². The van der Waals surface area contributed by atoms with Crippen molar-refractivity contribution in [1.82, 2.24) is 10.3 Å². The molecule has 0 aliphatic rings. The fourth-order valence-corrected chi connectivity index (χ4v) is 3.17. The van der Waals surface area contributed by atoms with E-state index in [1.54, 1.807) is 36.8 Å². The fraction of sp³-hybridized carbons (Fsp3) is 0.200. The lowest BCUT2D eigenvalue weighted by Crippen LogP contribution is -2.22. The minimum Gasteiger partial charge on any atom is -0.493 e. The van der Waals surface area contributed by atoms with E-state index in [4.69, 9.17) is 9.47 Å². The third-order valence-corrected chi connectivity index (χ3v) is 4.50. The lowest BCUT2D eigenvalue weighted by atomic mass is 10.1. The number of thiophene rings is 1. The molecule has 1 aromatic carbocycles. The number of hydrogen-bond acceptors (Lipinski definition) is 5. The SMILES string of the molecule is CCOc1ccc(CNC(=O)c2ccnc(-c3ccsc3)c2)cc1OC. The van der Waals surface area contributed by atoms with Gasteiger partial charge in [0, 0.05) is 29.2 Å². The number of hydrogen-bond donors (Lipinski definition) is 1. The first-order valence-corrected chi connectivity index (χ1v) is 9.22. The van der Waals surface area contributed by atoms with Crippen LogP contribution in [0.4, 0.5) is 0 Å². The molecule has 0 saturated heterocycles. The summed E-state index contributed by atoms with van der Waals surface area (Å²) in [5.74, 6) is 1.21. The highest BCUT2D eigenvalue weighted by Crippen LogP contribution is 2.28. The Kier molecular flexibility index (Phi) is 5.86. The average molecular weight is 368 g/mol. The second kappa shape index (κ2) is 8.49. The van der Waals surface area contributed by atoms with E-state index in [1.165, 1.54) is 0 Å². The third-order valence-electron chi connectivity index (χ3n) is 3.82. The van der Waals surface area contributed by atoms with Crippen molar-refractivity contribution >= 4 is 17.2 Å². The quantitative estimate of drug-likeness (QED) is 0.681. The van der Waals surface area contributed by atoms with Gasteiger partial charge in [0.05, 0.1) is 19.4 Å². The molecule has 0 unspecified atom stereocenters. The van der Waals surface area contributed by atoms with Crippen molar-refractivity contribution in [3.63, 3.8) is 0 Å². The lowest BCUT2D eigenvalue weighted by molar-refractivity contribution is 0.0951. The maximum absolute atomic E-state index is 12.5. The normalized spacial score (nSPS) is 10.4. The Morgan fingerprint density at radius 3 is 2.81 bits per heavy atom. The predicted octanol–water partition coefficient (Wildman–Crippen LogP) is 4.15. The van der Waals surface area contributed by atoms with Crippen LogP contribution in [0.2, 0.25) is 0 Å². The van der Waals surface area contributed by atoms with Crippen LogP contribution in [0.5, 0.6) is 11.5 Å². The summed E-state index contributed by atoms with van der Waals surface area (Å²) >= 11 is 1.60. The Bertz CT molecular complexity index is 879. The van der Waals surface area contributed by atoms with Crippen molar-refractivity contribution in [2.24, 2.45) is 0 Å². The topological polar surface area (TPSA) is 60.5 Å². The predicted molar refractivity (Wildman–Crippen MR) is 103 cm³/mol. The molecule has 134 valence electrons. The number of pyridine rings is 1. The summed E-state index contributed by atoms with van der Waals surface area (Å²) in [6, 6.07) is 11.1. The van der Waals surface area contributed by atoms with Crippen LogP contribution in [-0.2, 0) is 6.54 Å². The number of nitrogens with one attached hydrogen (secondary N) is 1. The van der Waals surface area contributed by atoms with Crippen molar-refractivity contribution in [2.45, 2.75) is 13.5 Å². The van der Waals surface area contributed by atoms with Crippen molar-refractivity contribution in [1.29, 1.82) is 0 Å². The molecular weight excluding hydrogens is 348 g/mol. The molecule has 1 amide bonds. The summed E-state index contributed by atoms with van der Waals surface area (Å²) in [6.07, 6.45) is 1.65. The minimum atomic E-state index is -0.142. The van der Waals surface area contributed by atoms with E-state index in [0.717, 1.165) is 16.8 Å². The van der Waals surface area contributed by atoms with Gasteiger partial charge in [-0.1, -0.05) is 6.07 Å². The van der Waals surface area contributed by atoms with Crippen molar-refractivity contribution in [3.8, 4) is 22.8 Å². The van der Waals surface area contributed by atoms with Gasteiger partial charge in [-0.3, -0.25) is 9.78 Å². The maximum Gasteiger partial charge on any atom is 0.251 e. The first-order valence-electron chi connectivity index (χ1n) is 8.27. The van der Waals surface area contributed by atoms with E-state index < -0.39 is 0 Å². The highest BCUT2D eigenvalue weighted by Gasteiger charge is 2.10. The number of carbonyl (C=O) groups is 1. The molecule has 0 fully saturated rings. The van der Waals surface area contributed by atoms with E-state index in [0.29, 0.717) is 30.2 Å². The number of benzene rings is 1. The molecule has 26 heavy (non-hydrogen) atoms. The highest BCUT2D eigenvalue weighted by molar-refractivity contribution is 7.08. The number of nitrogens with zero attached hydrogens (tertiary/aromatic N) is 1. The lowest BCUT2D eigenvalue weighted by Gasteiger charge is -2.11. The monoisotopic (exact) mass is 368 g/mol. The summed E-state index contributed by atoms with van der Waals surface area (Å²) in [5, 5.41) is 6.93. The third kappa shape index (κ3) is 4.21. The van der Waals surface area contributed by atoms with Crippen LogP contribution in [-0.4, -0.2) is 24.6 Å². The van der Waals surface area contributed by atoms with Gasteiger partial charge in [0.25, 0.3) is 5.91 Å². The van der Waals surface area contributed by atoms with Gasteiger partial charge in [0.2, 0.25) is 0 Å². The van der Waals surface area contributed by atoms with Crippen molar-refractivity contribution in [3.05, 3.63) is 64.5 Å². The molecule has 6 heteroatoms. The van der Waals surface area contributed by atoms with Gasteiger partial charge in [0.15, 0.2) is 11.5 Å². The standard InChI is InChI=1S/C20H20N2O3S/c1-3-25-18-5-4-14(10-19(18)24-2)12-22-20(23)15-6-8-21-17(11-15)16-7-9-26-13-16/h4-11,13H,3,12H2,1-2H3,(H,22,23). The molecule has 0 saturated carbocycles. The molecule has 2 heterocycles. The van der Waals surface area contributed by atoms with E-state index >= 15 is 0 Å². The maximum atomic E-state index is 12.5. The molecule has 2 aromatic heterocycles. The smallest absolute Gasteiger partial charge is 0.251 e. The van der Waals surface area contributed by atoms with Crippen molar-refractivity contribution < 1.29 is 14.3 Å². The molecule has 5 nitrogen and oxygen atoms in total. The molecule has 0 bridgehead atoms. The number of amides is 1. The van der Waals surface area contributed by atoms with Crippen LogP contribution < -0.4 is 14.8 Å². The largest absolute Gasteiger partial charge is 0.493 e. The summed E-state index contributed by atoms with van der Waals surface area (Å²) in [5.41, 5.74) is 3.33. The zero-order valence-electron chi connectivity index (χ0n) is 14.7. The summed E-state index contributed by atoms with van der Waals surface area (Å²) in [4.78, 5) is 16.8. The number of rotatable bonds is 7. The van der Waals surface area contributed by atoms with Crippen LogP contribution in [0, 0.1) is 0 Å². The molecular formula is C20H20N2O3S. The van der Waals surface area contributed by atoms with Gasteiger partial charge in [-0.25, -0.2) is 0 Å². The van der Waals surface area contributed by atoms with Gasteiger partial charge < -0.3 is 14.8 Å². The zero-order valence-corrected chi connectivity index (χ0v) is 15.5.